The van der Waals surface area contributed by atoms with E-state index in [2.05, 4.69) is 12.2 Å². The van der Waals surface area contributed by atoms with Gasteiger partial charge in [-0.25, -0.2) is 0 Å². The van der Waals surface area contributed by atoms with Gasteiger partial charge in [-0.2, -0.15) is 11.8 Å². The third-order valence-electron chi connectivity index (χ3n) is 4.03. The monoisotopic (exact) mass is 302 g/mol. The molecule has 2 aliphatic rings. The van der Waals surface area contributed by atoms with Crippen LogP contribution in [-0.2, 0) is 14.3 Å². The number of thioether (sulfide) groups is 1. The maximum atomic E-state index is 12.9. The average Bonchev–Trinajstić information content (AvgIpc) is 3.10. The van der Waals surface area contributed by atoms with Crippen LogP contribution in [0, 0.1) is 5.92 Å². The van der Waals surface area contributed by atoms with Crippen LogP contribution in [0.25, 0.3) is 0 Å². The standard InChI is InChI=1S/C14H26N2O3S/c1-3-15-13-9-19-8-12(13)14(17)16(5-6-18-2)11-4-7-20-10-11/h11-13,15H,3-10H2,1-2H3. The number of rotatable bonds is 7. The molecule has 2 heterocycles. The summed E-state index contributed by atoms with van der Waals surface area (Å²) in [6.45, 7) is 5.41. The Hall–Kier alpha value is -0.300. The number of methoxy groups -OCH3 is 1. The predicted molar refractivity (Wildman–Crippen MR) is 81.1 cm³/mol. The molecule has 2 aliphatic heterocycles. The lowest BCUT2D eigenvalue weighted by Crippen LogP contribution is -2.50. The third-order valence-corrected chi connectivity index (χ3v) is 5.17. The number of carbonyl (C=O) groups excluding carboxylic acids is 1. The first-order chi connectivity index (χ1) is 9.77. The largest absolute Gasteiger partial charge is 0.383 e. The number of nitrogens with one attached hydrogen (secondary N) is 1. The van der Waals surface area contributed by atoms with E-state index in [4.69, 9.17) is 9.47 Å². The number of hydrogen-bond donors (Lipinski definition) is 1. The summed E-state index contributed by atoms with van der Waals surface area (Å²) in [4.78, 5) is 14.9. The SMILES string of the molecule is CCNC1COCC1C(=O)N(CCOC)C1CCSC1. The first-order valence-corrected chi connectivity index (χ1v) is 8.61. The van der Waals surface area contributed by atoms with Crippen molar-refractivity contribution in [2.24, 2.45) is 5.92 Å². The van der Waals surface area contributed by atoms with Gasteiger partial charge in [0.1, 0.15) is 0 Å². The van der Waals surface area contributed by atoms with Crippen LogP contribution < -0.4 is 5.32 Å². The van der Waals surface area contributed by atoms with Crippen LogP contribution in [0.2, 0.25) is 0 Å². The Bertz CT molecular complexity index is 311. The number of nitrogens with zero attached hydrogens (tertiary/aromatic N) is 1. The van der Waals surface area contributed by atoms with Crippen LogP contribution in [0.3, 0.4) is 0 Å². The highest BCUT2D eigenvalue weighted by Crippen LogP contribution is 2.25. The zero-order valence-electron chi connectivity index (χ0n) is 12.5. The summed E-state index contributed by atoms with van der Waals surface area (Å²) in [7, 11) is 1.69. The number of carbonyl (C=O) groups is 1. The van der Waals surface area contributed by atoms with Crippen molar-refractivity contribution < 1.29 is 14.3 Å². The van der Waals surface area contributed by atoms with Gasteiger partial charge in [0.2, 0.25) is 5.91 Å². The van der Waals surface area contributed by atoms with Crippen molar-refractivity contribution in [1.82, 2.24) is 10.2 Å². The lowest BCUT2D eigenvalue weighted by Gasteiger charge is -2.32. The molecule has 5 nitrogen and oxygen atoms in total. The van der Waals surface area contributed by atoms with E-state index in [-0.39, 0.29) is 17.9 Å². The Morgan fingerprint density at radius 1 is 1.50 bits per heavy atom. The van der Waals surface area contributed by atoms with Crippen molar-refractivity contribution in [3.05, 3.63) is 0 Å². The molecule has 3 atom stereocenters. The van der Waals surface area contributed by atoms with Gasteiger partial charge < -0.3 is 19.7 Å². The van der Waals surface area contributed by atoms with Gasteiger partial charge in [-0.05, 0) is 18.7 Å². The molecule has 0 aromatic rings. The topological polar surface area (TPSA) is 50.8 Å². The smallest absolute Gasteiger partial charge is 0.230 e. The number of likely N-dealkylation sites (N-methyl/N-ethyl adjacent to an activating group) is 1. The number of hydrogen-bond acceptors (Lipinski definition) is 5. The quantitative estimate of drug-likeness (QED) is 0.746. The van der Waals surface area contributed by atoms with Crippen molar-refractivity contribution in [1.29, 1.82) is 0 Å². The minimum Gasteiger partial charge on any atom is -0.383 e. The minimum absolute atomic E-state index is 0.0441. The Morgan fingerprint density at radius 2 is 2.35 bits per heavy atom. The van der Waals surface area contributed by atoms with Crippen molar-refractivity contribution in [2.75, 3.05) is 51.5 Å². The molecule has 0 aromatic carbocycles. The lowest BCUT2D eigenvalue weighted by molar-refractivity contribution is -0.138. The normalized spacial score (nSPS) is 29.8. The van der Waals surface area contributed by atoms with Crippen LogP contribution in [0.4, 0.5) is 0 Å². The average molecular weight is 302 g/mol. The molecule has 2 rings (SSSR count). The molecule has 116 valence electrons. The molecule has 1 N–H and O–H groups in total. The fraction of sp³-hybridized carbons (Fsp3) is 0.929. The molecule has 20 heavy (non-hydrogen) atoms. The van der Waals surface area contributed by atoms with Crippen molar-refractivity contribution in [3.8, 4) is 0 Å². The highest BCUT2D eigenvalue weighted by molar-refractivity contribution is 7.99. The zero-order chi connectivity index (χ0) is 14.4. The van der Waals surface area contributed by atoms with Gasteiger partial charge in [-0.3, -0.25) is 4.79 Å². The van der Waals surface area contributed by atoms with Gasteiger partial charge in [0, 0.05) is 31.5 Å². The van der Waals surface area contributed by atoms with E-state index >= 15 is 0 Å². The molecule has 0 spiro atoms. The summed E-state index contributed by atoms with van der Waals surface area (Å²) in [6.07, 6.45) is 1.10. The van der Waals surface area contributed by atoms with Gasteiger partial charge >= 0.3 is 0 Å². The van der Waals surface area contributed by atoms with Crippen molar-refractivity contribution >= 4 is 17.7 Å². The third kappa shape index (κ3) is 3.87. The number of ether oxygens (including phenoxy) is 2. The number of amides is 1. The van der Waals surface area contributed by atoms with Gasteiger partial charge in [-0.1, -0.05) is 6.92 Å². The molecular weight excluding hydrogens is 276 g/mol. The molecular formula is C14H26N2O3S. The second kappa shape index (κ2) is 8.22. The fourth-order valence-corrected chi connectivity index (χ4v) is 4.13. The van der Waals surface area contributed by atoms with Crippen molar-refractivity contribution in [3.63, 3.8) is 0 Å². The highest BCUT2D eigenvalue weighted by atomic mass is 32.2. The van der Waals surface area contributed by atoms with Gasteiger partial charge in [0.25, 0.3) is 0 Å². The molecule has 1 amide bonds. The maximum Gasteiger partial charge on any atom is 0.230 e. The minimum atomic E-state index is -0.0441. The highest BCUT2D eigenvalue weighted by Gasteiger charge is 2.38. The molecule has 6 heteroatoms. The second-order valence-corrected chi connectivity index (χ2v) is 6.50. The Morgan fingerprint density at radius 3 is 3.00 bits per heavy atom. The lowest BCUT2D eigenvalue weighted by atomic mass is 10.0. The summed E-state index contributed by atoms with van der Waals surface area (Å²) < 4.78 is 10.7. The van der Waals surface area contributed by atoms with Crippen LogP contribution in [0.5, 0.6) is 0 Å². The summed E-state index contributed by atoms with van der Waals surface area (Å²) in [5.41, 5.74) is 0. The van der Waals surface area contributed by atoms with E-state index in [0.717, 1.165) is 24.5 Å². The first kappa shape index (κ1) is 16.1. The molecule has 2 saturated heterocycles. The maximum absolute atomic E-state index is 12.9. The van der Waals surface area contributed by atoms with Crippen LogP contribution >= 0.6 is 11.8 Å². The van der Waals surface area contributed by atoms with Gasteiger partial charge in [0.15, 0.2) is 0 Å². The Balaban J connectivity index is 2.00. The van der Waals surface area contributed by atoms with E-state index in [1.807, 2.05) is 16.7 Å². The summed E-state index contributed by atoms with van der Waals surface area (Å²) in [6, 6.07) is 0.525. The zero-order valence-corrected chi connectivity index (χ0v) is 13.3. The molecule has 3 unspecified atom stereocenters. The van der Waals surface area contributed by atoms with Gasteiger partial charge in [0.05, 0.1) is 25.7 Å². The van der Waals surface area contributed by atoms with E-state index < -0.39 is 0 Å². The predicted octanol–water partition coefficient (Wildman–Crippen LogP) is 0.591. The van der Waals surface area contributed by atoms with E-state index in [1.165, 1.54) is 0 Å². The van der Waals surface area contributed by atoms with E-state index in [1.54, 1.807) is 7.11 Å². The van der Waals surface area contributed by atoms with Crippen LogP contribution in [0.1, 0.15) is 13.3 Å². The second-order valence-electron chi connectivity index (χ2n) is 5.35. The first-order valence-electron chi connectivity index (χ1n) is 7.46. The fourth-order valence-electron chi connectivity index (χ4n) is 2.90. The Kier molecular flexibility index (Phi) is 6.61. The summed E-state index contributed by atoms with van der Waals surface area (Å²) in [5, 5.41) is 3.37. The molecule has 0 aliphatic carbocycles. The molecule has 0 saturated carbocycles. The van der Waals surface area contributed by atoms with Crippen molar-refractivity contribution in [2.45, 2.75) is 25.4 Å². The molecule has 0 aromatic heterocycles. The van der Waals surface area contributed by atoms with Crippen LogP contribution in [-0.4, -0.2) is 74.4 Å². The summed E-state index contributed by atoms with van der Waals surface area (Å²) in [5.74, 6) is 2.39. The van der Waals surface area contributed by atoms with E-state index in [0.29, 0.717) is 32.4 Å². The van der Waals surface area contributed by atoms with E-state index in [9.17, 15) is 4.79 Å². The molecule has 0 radical (unpaired) electrons. The van der Waals surface area contributed by atoms with Gasteiger partial charge in [-0.15, -0.1) is 0 Å². The Labute approximate surface area is 125 Å². The summed E-state index contributed by atoms with van der Waals surface area (Å²) >= 11 is 1.93. The molecule has 2 fully saturated rings. The molecule has 0 bridgehead atoms. The van der Waals surface area contributed by atoms with Crippen LogP contribution in [0.15, 0.2) is 0 Å².